The molecule has 1 aliphatic heterocycles. The maximum absolute atomic E-state index is 12.5. The van der Waals surface area contributed by atoms with Crippen molar-refractivity contribution in [1.29, 1.82) is 0 Å². The molecule has 4 nitrogen and oxygen atoms in total. The Kier molecular flexibility index (Phi) is 5.49. The lowest BCUT2D eigenvalue weighted by Crippen LogP contribution is -2.35. The van der Waals surface area contributed by atoms with E-state index < -0.39 is 0 Å². The van der Waals surface area contributed by atoms with Crippen molar-refractivity contribution in [2.24, 2.45) is 0 Å². The second-order valence-electron chi connectivity index (χ2n) is 6.80. The molecule has 1 saturated heterocycles. The van der Waals surface area contributed by atoms with Gasteiger partial charge in [0.15, 0.2) is 5.13 Å². The maximum atomic E-state index is 12.5. The topological polar surface area (TPSA) is 45.2 Å². The van der Waals surface area contributed by atoms with E-state index in [0.717, 1.165) is 47.1 Å². The van der Waals surface area contributed by atoms with Crippen LogP contribution in [0, 0.1) is 0 Å². The van der Waals surface area contributed by atoms with Crippen LogP contribution in [0.1, 0.15) is 35.2 Å². The van der Waals surface area contributed by atoms with Gasteiger partial charge in [-0.05, 0) is 42.5 Å². The van der Waals surface area contributed by atoms with Crippen LogP contribution in [0.4, 0.5) is 5.13 Å². The van der Waals surface area contributed by atoms with Crippen LogP contribution in [0.3, 0.4) is 0 Å². The first kappa shape index (κ1) is 17.7. The fraction of sp³-hybridized carbons (Fsp3) is 0.273. The number of amides is 1. The van der Waals surface area contributed by atoms with Gasteiger partial charge in [0.25, 0.3) is 5.91 Å². The second-order valence-corrected chi connectivity index (χ2v) is 7.83. The summed E-state index contributed by atoms with van der Waals surface area (Å²) in [5, 5.41) is 4.28. The van der Waals surface area contributed by atoms with Crippen molar-refractivity contribution in [2.75, 3.05) is 18.4 Å². The first-order valence-corrected chi connectivity index (χ1v) is 10.2. The highest BCUT2D eigenvalue weighted by Crippen LogP contribution is 2.28. The molecule has 138 valence electrons. The minimum Gasteiger partial charge on any atom is -0.357 e. The monoisotopic (exact) mass is 377 g/mol. The second kappa shape index (κ2) is 8.35. The number of nitrogens with one attached hydrogen (secondary N) is 1. The predicted molar refractivity (Wildman–Crippen MR) is 111 cm³/mol. The van der Waals surface area contributed by atoms with E-state index in [9.17, 15) is 4.79 Å². The van der Waals surface area contributed by atoms with Crippen LogP contribution in [0.2, 0.25) is 0 Å². The molecular formula is C22H23N3OS. The number of nitrogens with zero attached hydrogens (tertiary/aromatic N) is 2. The number of benzene rings is 2. The predicted octanol–water partition coefficient (Wildman–Crippen LogP) is 5.05. The van der Waals surface area contributed by atoms with Crippen molar-refractivity contribution in [3.05, 3.63) is 71.9 Å². The first-order valence-electron chi connectivity index (χ1n) is 9.43. The largest absolute Gasteiger partial charge is 0.357 e. The molecule has 0 aliphatic carbocycles. The van der Waals surface area contributed by atoms with Gasteiger partial charge in [0.2, 0.25) is 0 Å². The molecule has 2 heterocycles. The summed E-state index contributed by atoms with van der Waals surface area (Å²) in [6.45, 7) is 2.46. The molecule has 1 N–H and O–H groups in total. The third kappa shape index (κ3) is 4.37. The Balaban J connectivity index is 1.35. The summed E-state index contributed by atoms with van der Waals surface area (Å²) in [7, 11) is 0. The zero-order valence-electron chi connectivity index (χ0n) is 15.2. The number of likely N-dealkylation sites (tertiary alicyclic amines) is 1. The van der Waals surface area contributed by atoms with Crippen LogP contribution in [-0.4, -0.2) is 28.9 Å². The van der Waals surface area contributed by atoms with Gasteiger partial charge in [0.05, 0.1) is 4.88 Å². The maximum Gasteiger partial charge on any atom is 0.253 e. The Bertz CT molecular complexity index is 883. The van der Waals surface area contributed by atoms with E-state index in [1.165, 1.54) is 12.0 Å². The summed E-state index contributed by atoms with van der Waals surface area (Å²) in [5.41, 5.74) is 3.10. The molecule has 1 fully saturated rings. The van der Waals surface area contributed by atoms with Crippen LogP contribution in [0.5, 0.6) is 0 Å². The Morgan fingerprint density at radius 2 is 1.74 bits per heavy atom. The van der Waals surface area contributed by atoms with Crippen LogP contribution in [0.25, 0.3) is 10.4 Å². The molecule has 27 heavy (non-hydrogen) atoms. The standard InChI is InChI=1S/C22H23N3OS/c26-21(25-13-5-2-6-14-25)19-11-9-17(10-12-19)15-23-22-24-16-20(27-22)18-7-3-1-4-8-18/h1,3-4,7-12,16H,2,5-6,13-15H2,(H,23,24). The van der Waals surface area contributed by atoms with Gasteiger partial charge in [-0.1, -0.05) is 53.8 Å². The number of rotatable bonds is 5. The summed E-state index contributed by atoms with van der Waals surface area (Å²) in [4.78, 5) is 20.1. The molecule has 5 heteroatoms. The molecular weight excluding hydrogens is 354 g/mol. The minimum absolute atomic E-state index is 0.154. The molecule has 1 aromatic heterocycles. The van der Waals surface area contributed by atoms with Gasteiger partial charge in [0.1, 0.15) is 0 Å². The van der Waals surface area contributed by atoms with Crippen molar-refractivity contribution in [3.8, 4) is 10.4 Å². The van der Waals surface area contributed by atoms with Gasteiger partial charge in [0, 0.05) is 31.4 Å². The summed E-state index contributed by atoms with van der Waals surface area (Å²) >= 11 is 1.65. The highest BCUT2D eigenvalue weighted by Gasteiger charge is 2.17. The third-order valence-electron chi connectivity index (χ3n) is 4.85. The van der Waals surface area contributed by atoms with E-state index in [1.54, 1.807) is 11.3 Å². The molecule has 3 aromatic rings. The lowest BCUT2D eigenvalue weighted by Gasteiger charge is -2.26. The van der Waals surface area contributed by atoms with E-state index in [1.807, 2.05) is 53.6 Å². The number of carbonyl (C=O) groups is 1. The average molecular weight is 378 g/mol. The van der Waals surface area contributed by atoms with Gasteiger partial charge >= 0.3 is 0 Å². The molecule has 0 atom stereocenters. The van der Waals surface area contributed by atoms with E-state index in [0.29, 0.717) is 6.54 Å². The first-order chi connectivity index (χ1) is 13.3. The lowest BCUT2D eigenvalue weighted by atomic mass is 10.1. The highest BCUT2D eigenvalue weighted by molar-refractivity contribution is 7.18. The number of thiazole rings is 1. The number of piperidine rings is 1. The highest BCUT2D eigenvalue weighted by atomic mass is 32.1. The van der Waals surface area contributed by atoms with E-state index >= 15 is 0 Å². The summed E-state index contributed by atoms with van der Waals surface area (Å²) in [6.07, 6.45) is 5.37. The quantitative estimate of drug-likeness (QED) is 0.677. The fourth-order valence-corrected chi connectivity index (χ4v) is 4.13. The molecule has 0 unspecified atom stereocenters. The number of aromatic nitrogens is 1. The van der Waals surface area contributed by atoms with Crippen LogP contribution < -0.4 is 5.32 Å². The number of hydrogen-bond donors (Lipinski definition) is 1. The molecule has 0 radical (unpaired) electrons. The van der Waals surface area contributed by atoms with Gasteiger partial charge in [-0.15, -0.1) is 0 Å². The fourth-order valence-electron chi connectivity index (χ4n) is 3.31. The summed E-state index contributed by atoms with van der Waals surface area (Å²) in [6, 6.07) is 18.2. The van der Waals surface area contributed by atoms with Crippen molar-refractivity contribution in [1.82, 2.24) is 9.88 Å². The normalized spacial score (nSPS) is 14.1. The summed E-state index contributed by atoms with van der Waals surface area (Å²) in [5.74, 6) is 0.154. The van der Waals surface area contributed by atoms with Gasteiger partial charge in [-0.3, -0.25) is 4.79 Å². The van der Waals surface area contributed by atoms with Gasteiger partial charge in [-0.2, -0.15) is 0 Å². The number of carbonyl (C=O) groups excluding carboxylic acids is 1. The lowest BCUT2D eigenvalue weighted by molar-refractivity contribution is 0.0724. The van der Waals surface area contributed by atoms with Crippen LogP contribution in [0.15, 0.2) is 60.8 Å². The van der Waals surface area contributed by atoms with E-state index in [-0.39, 0.29) is 5.91 Å². The number of hydrogen-bond acceptors (Lipinski definition) is 4. The van der Waals surface area contributed by atoms with Gasteiger partial charge < -0.3 is 10.2 Å². The Morgan fingerprint density at radius 1 is 1.00 bits per heavy atom. The van der Waals surface area contributed by atoms with Crippen LogP contribution >= 0.6 is 11.3 Å². The van der Waals surface area contributed by atoms with Crippen LogP contribution in [-0.2, 0) is 6.54 Å². The molecule has 2 aromatic carbocycles. The molecule has 4 rings (SSSR count). The zero-order valence-corrected chi connectivity index (χ0v) is 16.0. The minimum atomic E-state index is 0.154. The van der Waals surface area contributed by atoms with Gasteiger partial charge in [-0.25, -0.2) is 4.98 Å². The Morgan fingerprint density at radius 3 is 2.48 bits per heavy atom. The molecule has 1 aliphatic rings. The molecule has 0 spiro atoms. The smallest absolute Gasteiger partial charge is 0.253 e. The van der Waals surface area contributed by atoms with Crippen molar-refractivity contribution in [2.45, 2.75) is 25.8 Å². The SMILES string of the molecule is O=C(c1ccc(CNc2ncc(-c3ccccc3)s2)cc1)N1CCCCC1. The molecule has 1 amide bonds. The third-order valence-corrected chi connectivity index (χ3v) is 5.86. The average Bonchev–Trinajstić information content (AvgIpc) is 3.22. The Hall–Kier alpha value is -2.66. The summed E-state index contributed by atoms with van der Waals surface area (Å²) < 4.78 is 0. The number of anilines is 1. The molecule has 0 bridgehead atoms. The van der Waals surface area contributed by atoms with Crippen molar-refractivity contribution >= 4 is 22.4 Å². The van der Waals surface area contributed by atoms with E-state index in [2.05, 4.69) is 22.4 Å². The molecule has 0 saturated carbocycles. The van der Waals surface area contributed by atoms with Crippen molar-refractivity contribution < 1.29 is 4.79 Å². The zero-order chi connectivity index (χ0) is 18.5. The van der Waals surface area contributed by atoms with Crippen molar-refractivity contribution in [3.63, 3.8) is 0 Å². The Labute approximate surface area is 163 Å². The van der Waals surface area contributed by atoms with E-state index in [4.69, 9.17) is 0 Å².